The molecule has 0 aliphatic heterocycles. The van der Waals surface area contributed by atoms with Crippen molar-refractivity contribution in [2.24, 2.45) is 0 Å². The minimum absolute atomic E-state index is 0.0199. The lowest BCUT2D eigenvalue weighted by atomic mass is 10.1. The van der Waals surface area contributed by atoms with E-state index in [1.807, 2.05) is 0 Å². The van der Waals surface area contributed by atoms with Gasteiger partial charge in [-0.15, -0.1) is 0 Å². The highest BCUT2D eigenvalue weighted by Gasteiger charge is 2.32. The highest BCUT2D eigenvalue weighted by atomic mass is 16.6. The van der Waals surface area contributed by atoms with E-state index in [1.165, 1.54) is 53.6 Å². The molecule has 2 amide bonds. The summed E-state index contributed by atoms with van der Waals surface area (Å²) in [7, 11) is 5.23. The van der Waals surface area contributed by atoms with Crippen LogP contribution in [-0.2, 0) is 4.79 Å². The Morgan fingerprint density at radius 2 is 1.53 bits per heavy atom. The lowest BCUT2D eigenvalue weighted by molar-refractivity contribution is -0.386. The van der Waals surface area contributed by atoms with E-state index in [1.54, 1.807) is 6.07 Å². The van der Waals surface area contributed by atoms with Crippen molar-refractivity contribution < 1.29 is 33.5 Å². The van der Waals surface area contributed by atoms with Gasteiger partial charge in [-0.2, -0.15) is 0 Å². The normalized spacial score (nSPS) is 10.0. The molecule has 2 aromatic rings. The van der Waals surface area contributed by atoms with E-state index >= 15 is 0 Å². The second-order valence-electron chi connectivity index (χ2n) is 5.85. The van der Waals surface area contributed by atoms with Crippen LogP contribution in [0.4, 0.5) is 17.1 Å². The van der Waals surface area contributed by atoms with Crippen LogP contribution in [0.1, 0.15) is 17.3 Å². The minimum atomic E-state index is -0.820. The van der Waals surface area contributed by atoms with Crippen LogP contribution in [0.2, 0.25) is 0 Å². The Balaban J connectivity index is 2.58. The van der Waals surface area contributed by atoms with Crippen LogP contribution in [0.3, 0.4) is 0 Å². The van der Waals surface area contributed by atoms with Crippen molar-refractivity contribution in [1.29, 1.82) is 0 Å². The number of benzene rings is 2. The lowest BCUT2D eigenvalue weighted by Crippen LogP contribution is -2.16. The van der Waals surface area contributed by atoms with Crippen molar-refractivity contribution in [3.05, 3.63) is 39.9 Å². The summed E-state index contributed by atoms with van der Waals surface area (Å²) >= 11 is 0. The molecule has 0 radical (unpaired) electrons. The van der Waals surface area contributed by atoms with Gasteiger partial charge in [0.15, 0.2) is 5.75 Å². The molecular formula is C19H21N3O8. The Morgan fingerprint density at radius 3 is 2.03 bits per heavy atom. The number of ether oxygens (including phenoxy) is 4. The van der Waals surface area contributed by atoms with E-state index in [-0.39, 0.29) is 40.2 Å². The van der Waals surface area contributed by atoms with Crippen LogP contribution >= 0.6 is 0 Å². The van der Waals surface area contributed by atoms with Crippen molar-refractivity contribution >= 4 is 28.9 Å². The first-order valence-corrected chi connectivity index (χ1v) is 8.51. The number of hydrogen-bond donors (Lipinski definition) is 2. The molecule has 0 aromatic heterocycles. The number of hydrogen-bond acceptors (Lipinski definition) is 8. The van der Waals surface area contributed by atoms with Crippen molar-refractivity contribution in [3.8, 4) is 23.0 Å². The molecule has 2 rings (SSSR count). The molecule has 0 atom stereocenters. The maximum absolute atomic E-state index is 13.0. The second kappa shape index (κ2) is 9.45. The van der Waals surface area contributed by atoms with E-state index < -0.39 is 16.5 Å². The number of carbonyl (C=O) groups is 2. The fraction of sp³-hybridized carbons (Fsp3) is 0.263. The monoisotopic (exact) mass is 419 g/mol. The van der Waals surface area contributed by atoms with Crippen LogP contribution in [-0.4, -0.2) is 45.2 Å². The average Bonchev–Trinajstić information content (AvgIpc) is 2.71. The van der Waals surface area contributed by atoms with Crippen molar-refractivity contribution in [2.45, 2.75) is 6.92 Å². The van der Waals surface area contributed by atoms with Gasteiger partial charge in [-0.25, -0.2) is 0 Å². The average molecular weight is 419 g/mol. The Kier molecular flexibility index (Phi) is 7.02. The molecule has 30 heavy (non-hydrogen) atoms. The molecule has 0 unspecified atom stereocenters. The van der Waals surface area contributed by atoms with Crippen molar-refractivity contribution in [2.75, 3.05) is 39.1 Å². The third kappa shape index (κ3) is 4.51. The largest absolute Gasteiger partial charge is 0.495 e. The van der Waals surface area contributed by atoms with E-state index in [0.29, 0.717) is 5.69 Å². The fourth-order valence-corrected chi connectivity index (χ4v) is 2.77. The third-order valence-corrected chi connectivity index (χ3v) is 4.00. The van der Waals surface area contributed by atoms with Crippen LogP contribution < -0.4 is 29.6 Å². The number of nitrogens with zero attached hydrogens (tertiary/aromatic N) is 1. The molecule has 0 spiro atoms. The first-order chi connectivity index (χ1) is 14.3. The summed E-state index contributed by atoms with van der Waals surface area (Å²) in [6, 6.07) is 5.75. The van der Waals surface area contributed by atoms with E-state index in [0.717, 1.165) is 0 Å². The molecular weight excluding hydrogens is 398 g/mol. The first-order valence-electron chi connectivity index (χ1n) is 8.51. The molecule has 2 N–H and O–H groups in total. The maximum Gasteiger partial charge on any atom is 0.327 e. The molecule has 0 aliphatic rings. The van der Waals surface area contributed by atoms with E-state index in [4.69, 9.17) is 18.9 Å². The molecule has 11 nitrogen and oxygen atoms in total. The summed E-state index contributed by atoms with van der Waals surface area (Å²) in [5.41, 5.74) is -0.319. The van der Waals surface area contributed by atoms with Crippen molar-refractivity contribution in [1.82, 2.24) is 0 Å². The molecule has 2 aromatic carbocycles. The highest BCUT2D eigenvalue weighted by Crippen LogP contribution is 2.46. The summed E-state index contributed by atoms with van der Waals surface area (Å²) < 4.78 is 20.7. The van der Waals surface area contributed by atoms with Gasteiger partial charge in [0.2, 0.25) is 17.4 Å². The predicted octanol–water partition coefficient (Wildman–Crippen LogP) is 2.84. The van der Waals surface area contributed by atoms with Crippen LogP contribution in [0.5, 0.6) is 23.0 Å². The molecule has 0 fully saturated rings. The van der Waals surface area contributed by atoms with Gasteiger partial charge in [-0.05, 0) is 18.2 Å². The predicted molar refractivity (Wildman–Crippen MR) is 108 cm³/mol. The molecule has 11 heteroatoms. The fourth-order valence-electron chi connectivity index (χ4n) is 2.77. The van der Waals surface area contributed by atoms with Crippen LogP contribution in [0, 0.1) is 10.1 Å². The topological polar surface area (TPSA) is 138 Å². The highest BCUT2D eigenvalue weighted by molar-refractivity contribution is 6.09. The van der Waals surface area contributed by atoms with Gasteiger partial charge in [0.1, 0.15) is 11.3 Å². The van der Waals surface area contributed by atoms with E-state index in [9.17, 15) is 19.7 Å². The zero-order valence-corrected chi connectivity index (χ0v) is 17.0. The summed E-state index contributed by atoms with van der Waals surface area (Å²) in [5.74, 6) is -1.05. The summed E-state index contributed by atoms with van der Waals surface area (Å²) in [5, 5.41) is 16.8. The number of nitro benzene ring substituents is 1. The lowest BCUT2D eigenvalue weighted by Gasteiger charge is -2.16. The number of anilines is 2. The zero-order valence-electron chi connectivity index (χ0n) is 17.0. The number of methoxy groups -OCH3 is 4. The van der Waals surface area contributed by atoms with Gasteiger partial charge in [-0.3, -0.25) is 19.7 Å². The molecule has 160 valence electrons. The first kappa shape index (κ1) is 22.3. The number of amides is 2. The summed E-state index contributed by atoms with van der Waals surface area (Å²) in [6.45, 7) is 1.34. The standard InChI is InChI=1S/C19H21N3O8/c1-10(23)20-11-6-7-14(27-2)13(8-11)21-19(24)12-9-15(28-3)17(29-4)18(30-5)16(12)22(25)26/h6-9H,1-5H3,(H,20,23)(H,21,24). The number of rotatable bonds is 8. The number of nitrogens with one attached hydrogen (secondary N) is 2. The van der Waals surface area contributed by atoms with E-state index in [2.05, 4.69) is 10.6 Å². The van der Waals surface area contributed by atoms with Gasteiger partial charge in [0, 0.05) is 18.7 Å². The summed E-state index contributed by atoms with van der Waals surface area (Å²) in [4.78, 5) is 35.2. The van der Waals surface area contributed by atoms with Crippen LogP contribution in [0.15, 0.2) is 24.3 Å². The Labute approximate surface area is 172 Å². The molecule has 0 heterocycles. The summed E-state index contributed by atoms with van der Waals surface area (Å²) in [6.07, 6.45) is 0. The van der Waals surface area contributed by atoms with Gasteiger partial charge < -0.3 is 29.6 Å². The number of carbonyl (C=O) groups excluding carboxylic acids is 2. The number of nitro groups is 1. The van der Waals surface area contributed by atoms with Gasteiger partial charge >= 0.3 is 5.69 Å². The molecule has 0 aliphatic carbocycles. The van der Waals surface area contributed by atoms with Crippen LogP contribution in [0.25, 0.3) is 0 Å². The Bertz CT molecular complexity index is 990. The smallest absolute Gasteiger partial charge is 0.327 e. The SMILES string of the molecule is COc1ccc(NC(C)=O)cc1NC(=O)c1cc(OC)c(OC)c(OC)c1[N+](=O)[O-]. The third-order valence-electron chi connectivity index (χ3n) is 4.00. The quantitative estimate of drug-likeness (QED) is 0.492. The molecule has 0 bridgehead atoms. The van der Waals surface area contributed by atoms with Gasteiger partial charge in [0.25, 0.3) is 5.91 Å². The Hall–Kier alpha value is -4.02. The van der Waals surface area contributed by atoms with Crippen molar-refractivity contribution in [3.63, 3.8) is 0 Å². The van der Waals surface area contributed by atoms with Gasteiger partial charge in [0.05, 0.1) is 39.0 Å². The zero-order chi connectivity index (χ0) is 22.4. The minimum Gasteiger partial charge on any atom is -0.495 e. The van der Waals surface area contributed by atoms with Gasteiger partial charge in [-0.1, -0.05) is 0 Å². The second-order valence-corrected chi connectivity index (χ2v) is 5.85. The maximum atomic E-state index is 13.0. The Morgan fingerprint density at radius 1 is 0.900 bits per heavy atom. The molecule has 0 saturated heterocycles. The molecule has 0 saturated carbocycles.